The van der Waals surface area contributed by atoms with E-state index in [0.717, 1.165) is 58.3 Å². The third-order valence-electron chi connectivity index (χ3n) is 5.56. The molecule has 1 aromatic carbocycles. The van der Waals surface area contributed by atoms with Crippen LogP contribution in [0, 0.1) is 26.7 Å². The lowest BCUT2D eigenvalue weighted by Gasteiger charge is -2.34. The molecule has 28 heavy (non-hydrogen) atoms. The lowest BCUT2D eigenvalue weighted by molar-refractivity contribution is 0.409. The molecule has 3 heterocycles. The quantitative estimate of drug-likeness (QED) is 0.364. The first-order chi connectivity index (χ1) is 13.4. The second-order valence-electron chi connectivity index (χ2n) is 7.55. The van der Waals surface area contributed by atoms with Crippen LogP contribution in [-0.4, -0.2) is 22.6 Å². The number of piperidine rings is 1. The first-order valence-corrected chi connectivity index (χ1v) is 11.4. The van der Waals surface area contributed by atoms with Gasteiger partial charge >= 0.3 is 0 Å². The molecule has 0 N–H and O–H groups in total. The van der Waals surface area contributed by atoms with Crippen LogP contribution >= 0.6 is 43.5 Å². The van der Waals surface area contributed by atoms with E-state index < -0.39 is 0 Å². The van der Waals surface area contributed by atoms with Gasteiger partial charge in [0, 0.05) is 50.0 Å². The summed E-state index contributed by atoms with van der Waals surface area (Å²) in [5.74, 6) is 0.640. The zero-order chi connectivity index (χ0) is 20.0. The molecule has 3 aromatic rings. The van der Waals surface area contributed by atoms with Crippen LogP contribution in [0.5, 0.6) is 0 Å². The molecule has 0 atom stereocenters. The number of aryl methyl sites for hydroxylation is 2. The van der Waals surface area contributed by atoms with Crippen LogP contribution < -0.4 is 4.90 Å². The fourth-order valence-electron chi connectivity index (χ4n) is 4.11. The van der Waals surface area contributed by atoms with Gasteiger partial charge in [-0.05, 0) is 102 Å². The number of hydrogen-bond acceptors (Lipinski definition) is 2. The molecule has 6 heteroatoms. The molecule has 1 aliphatic rings. The molecular formula is C22H22Br2ClN3. The summed E-state index contributed by atoms with van der Waals surface area (Å²) in [4.78, 5) is 7.40. The van der Waals surface area contributed by atoms with Crippen molar-refractivity contribution >= 4 is 60.2 Å². The summed E-state index contributed by atoms with van der Waals surface area (Å²) < 4.78 is 4.01. The summed E-state index contributed by atoms with van der Waals surface area (Å²) in [6.45, 7) is 12.2. The molecule has 1 aliphatic heterocycles. The van der Waals surface area contributed by atoms with Gasteiger partial charge in [0.15, 0.2) is 0 Å². The van der Waals surface area contributed by atoms with E-state index in [9.17, 15) is 0 Å². The van der Waals surface area contributed by atoms with Crippen molar-refractivity contribution < 1.29 is 0 Å². The summed E-state index contributed by atoms with van der Waals surface area (Å²) in [7, 11) is 0. The normalized spacial score (nSPS) is 15.6. The number of pyridine rings is 1. The van der Waals surface area contributed by atoms with E-state index in [1.165, 1.54) is 16.6 Å². The first-order valence-electron chi connectivity index (χ1n) is 9.48. The standard InChI is InChI=1S/C22H22Br2ClN3/c1-4-15-5-7-27(8-6-15)19-9-14(3)26-22-20(19)13(2)12-28(22)21-17(23)10-16(25)11-18(21)24/h1,9-12,15H,4-8H2,2-3H3. The topological polar surface area (TPSA) is 21.1 Å². The fraction of sp³-hybridized carbons (Fsp3) is 0.364. The molecule has 1 fully saturated rings. The second kappa shape index (κ2) is 8.00. The number of nitrogens with zero attached hydrogens (tertiary/aromatic N) is 3. The largest absolute Gasteiger partial charge is 0.371 e. The summed E-state index contributed by atoms with van der Waals surface area (Å²) in [5, 5.41) is 1.90. The van der Waals surface area contributed by atoms with Crippen molar-refractivity contribution in [1.82, 2.24) is 9.55 Å². The molecule has 146 valence electrons. The highest BCUT2D eigenvalue weighted by Crippen LogP contribution is 2.39. The van der Waals surface area contributed by atoms with Gasteiger partial charge in [-0.1, -0.05) is 11.6 Å². The molecule has 0 unspecified atom stereocenters. The molecular weight excluding hydrogens is 502 g/mol. The molecule has 0 aliphatic carbocycles. The van der Waals surface area contributed by atoms with Crippen LogP contribution in [0.15, 0.2) is 33.3 Å². The number of halogens is 3. The monoisotopic (exact) mass is 521 g/mol. The number of fused-ring (bicyclic) bond motifs is 1. The predicted molar refractivity (Wildman–Crippen MR) is 125 cm³/mol. The number of anilines is 1. The van der Waals surface area contributed by atoms with Crippen LogP contribution in [-0.2, 0) is 0 Å². The van der Waals surface area contributed by atoms with E-state index >= 15 is 0 Å². The minimum atomic E-state index is 0.640. The lowest BCUT2D eigenvalue weighted by atomic mass is 9.94. The maximum atomic E-state index is 6.21. The second-order valence-corrected chi connectivity index (χ2v) is 9.69. The molecule has 0 saturated carbocycles. The summed E-state index contributed by atoms with van der Waals surface area (Å²) in [6, 6.07) is 6.04. The van der Waals surface area contributed by atoms with Crippen LogP contribution in [0.4, 0.5) is 5.69 Å². The molecule has 3 nitrogen and oxygen atoms in total. The number of rotatable bonds is 3. The van der Waals surface area contributed by atoms with E-state index in [-0.39, 0.29) is 0 Å². The smallest absolute Gasteiger partial charge is 0.147 e. The Morgan fingerprint density at radius 2 is 1.79 bits per heavy atom. The van der Waals surface area contributed by atoms with Crippen molar-refractivity contribution in [3.05, 3.63) is 56.5 Å². The van der Waals surface area contributed by atoms with Crippen molar-refractivity contribution in [2.75, 3.05) is 18.0 Å². The van der Waals surface area contributed by atoms with Crippen molar-refractivity contribution in [3.8, 4) is 5.69 Å². The molecule has 2 radical (unpaired) electrons. The minimum absolute atomic E-state index is 0.640. The van der Waals surface area contributed by atoms with Crippen molar-refractivity contribution in [2.24, 2.45) is 5.92 Å². The van der Waals surface area contributed by atoms with Gasteiger partial charge in [-0.15, -0.1) is 0 Å². The Hall–Kier alpha value is -1.04. The SMILES string of the molecule is [CH]CC1CCN(c2cc(C)nc3c2c(C)cn3-c2c(Br)cc(Cl)cc2Br)CC1. The van der Waals surface area contributed by atoms with Gasteiger partial charge in [0.05, 0.1) is 5.69 Å². The van der Waals surface area contributed by atoms with Gasteiger partial charge in [-0.2, -0.15) is 0 Å². The fourth-order valence-corrected chi connectivity index (χ4v) is 6.16. The van der Waals surface area contributed by atoms with Gasteiger partial charge in [0.2, 0.25) is 0 Å². The number of hydrogen-bond donors (Lipinski definition) is 0. The van der Waals surface area contributed by atoms with Crippen LogP contribution in [0.3, 0.4) is 0 Å². The molecule has 1 saturated heterocycles. The van der Waals surface area contributed by atoms with Crippen LogP contribution in [0.25, 0.3) is 16.7 Å². The Balaban J connectivity index is 1.88. The summed E-state index contributed by atoms with van der Waals surface area (Å²) in [5.41, 5.74) is 5.48. The third kappa shape index (κ3) is 3.61. The van der Waals surface area contributed by atoms with E-state index in [0.29, 0.717) is 10.9 Å². The lowest BCUT2D eigenvalue weighted by Crippen LogP contribution is -2.33. The highest BCUT2D eigenvalue weighted by Gasteiger charge is 2.23. The van der Waals surface area contributed by atoms with Gasteiger partial charge < -0.3 is 4.90 Å². The molecule has 0 bridgehead atoms. The van der Waals surface area contributed by atoms with Gasteiger partial charge in [0.1, 0.15) is 5.65 Å². The Kier molecular flexibility index (Phi) is 5.78. The van der Waals surface area contributed by atoms with Crippen LogP contribution in [0.1, 0.15) is 30.5 Å². The summed E-state index contributed by atoms with van der Waals surface area (Å²) in [6.07, 6.45) is 5.24. The maximum Gasteiger partial charge on any atom is 0.147 e. The van der Waals surface area contributed by atoms with Gasteiger partial charge in [0.25, 0.3) is 0 Å². The van der Waals surface area contributed by atoms with Crippen LogP contribution in [0.2, 0.25) is 5.02 Å². The zero-order valence-corrected chi connectivity index (χ0v) is 19.9. The third-order valence-corrected chi connectivity index (χ3v) is 6.99. The minimum Gasteiger partial charge on any atom is -0.371 e. The van der Waals surface area contributed by atoms with E-state index in [1.807, 2.05) is 12.1 Å². The Morgan fingerprint density at radius 1 is 1.14 bits per heavy atom. The predicted octanol–water partition coefficient (Wildman–Crippen LogP) is 7.14. The van der Waals surface area contributed by atoms with Crippen molar-refractivity contribution in [1.29, 1.82) is 0 Å². The van der Waals surface area contributed by atoms with Gasteiger partial charge in [-0.25, -0.2) is 4.98 Å². The van der Waals surface area contributed by atoms with Crippen molar-refractivity contribution in [2.45, 2.75) is 33.1 Å². The molecule has 0 spiro atoms. The van der Waals surface area contributed by atoms with E-state index in [4.69, 9.17) is 23.5 Å². The molecule has 2 aromatic heterocycles. The van der Waals surface area contributed by atoms with Gasteiger partial charge in [-0.3, -0.25) is 4.57 Å². The molecule has 4 rings (SSSR count). The summed E-state index contributed by atoms with van der Waals surface area (Å²) >= 11 is 13.6. The Labute approximate surface area is 188 Å². The average molecular weight is 524 g/mol. The van der Waals surface area contributed by atoms with E-state index in [2.05, 4.69) is 67.4 Å². The first kappa shape index (κ1) is 20.2. The average Bonchev–Trinajstić information content (AvgIpc) is 2.96. The number of aromatic nitrogens is 2. The Bertz CT molecular complexity index is 1010. The molecule has 0 amide bonds. The zero-order valence-electron chi connectivity index (χ0n) is 16.0. The highest BCUT2D eigenvalue weighted by molar-refractivity contribution is 9.11. The maximum absolute atomic E-state index is 6.21. The van der Waals surface area contributed by atoms with Crippen molar-refractivity contribution in [3.63, 3.8) is 0 Å². The number of benzene rings is 1. The highest BCUT2D eigenvalue weighted by atomic mass is 79.9. The Morgan fingerprint density at radius 3 is 2.39 bits per heavy atom. The van der Waals surface area contributed by atoms with E-state index in [1.54, 1.807) is 0 Å².